The highest BCUT2D eigenvalue weighted by molar-refractivity contribution is 7.89. The van der Waals surface area contributed by atoms with E-state index in [1.54, 1.807) is 18.2 Å². The van der Waals surface area contributed by atoms with Crippen molar-refractivity contribution in [3.05, 3.63) is 30.3 Å². The maximum Gasteiger partial charge on any atom is 0.244 e. The lowest BCUT2D eigenvalue weighted by Crippen LogP contribution is -2.56. The number of nitrogens with zero attached hydrogens (tertiary/aromatic N) is 1. The summed E-state index contributed by atoms with van der Waals surface area (Å²) in [5, 5.41) is 3.03. The molecule has 6 heteroatoms. The van der Waals surface area contributed by atoms with Crippen LogP contribution in [0.5, 0.6) is 0 Å². The van der Waals surface area contributed by atoms with Crippen molar-refractivity contribution >= 4 is 15.8 Å². The standard InChI is InChI=1S/C12H15N2O3S/c1-10(15)12-9-13-7-8-14(12)18(16,17)11-5-3-2-4-6-11/h2-5,12-13H,7-9H2,1H3. The first-order valence-electron chi connectivity index (χ1n) is 5.73. The van der Waals surface area contributed by atoms with Gasteiger partial charge in [-0.05, 0) is 13.0 Å². The molecule has 1 unspecified atom stereocenters. The molecule has 1 aliphatic rings. The lowest BCUT2D eigenvalue weighted by Gasteiger charge is -2.33. The molecular weight excluding hydrogens is 252 g/mol. The van der Waals surface area contributed by atoms with E-state index in [2.05, 4.69) is 11.4 Å². The van der Waals surface area contributed by atoms with Crippen LogP contribution in [0.3, 0.4) is 0 Å². The summed E-state index contributed by atoms with van der Waals surface area (Å²) in [6, 6.07) is 8.48. The van der Waals surface area contributed by atoms with Crippen molar-refractivity contribution in [2.75, 3.05) is 19.6 Å². The first-order chi connectivity index (χ1) is 8.53. The minimum absolute atomic E-state index is 0.109. The van der Waals surface area contributed by atoms with E-state index in [-0.39, 0.29) is 10.7 Å². The fourth-order valence-electron chi connectivity index (χ4n) is 1.98. The smallest absolute Gasteiger partial charge is 0.244 e. The second-order valence-electron chi connectivity index (χ2n) is 4.17. The fraction of sp³-hybridized carbons (Fsp3) is 0.417. The van der Waals surface area contributed by atoms with Crippen LogP contribution in [0, 0.1) is 6.07 Å². The number of sulfonamides is 1. The molecule has 0 spiro atoms. The zero-order valence-corrected chi connectivity index (χ0v) is 10.9. The summed E-state index contributed by atoms with van der Waals surface area (Å²) in [6.07, 6.45) is 0. The Morgan fingerprint density at radius 3 is 2.89 bits per heavy atom. The summed E-state index contributed by atoms with van der Waals surface area (Å²) in [7, 11) is -3.64. The molecule has 0 aliphatic carbocycles. The summed E-state index contributed by atoms with van der Waals surface area (Å²) in [5.74, 6) is -0.151. The van der Waals surface area contributed by atoms with Gasteiger partial charge in [0, 0.05) is 25.7 Å². The second-order valence-corrected chi connectivity index (χ2v) is 6.03. The third-order valence-electron chi connectivity index (χ3n) is 2.93. The van der Waals surface area contributed by atoms with Crippen molar-refractivity contribution in [3.8, 4) is 0 Å². The highest BCUT2D eigenvalue weighted by Gasteiger charge is 2.35. The van der Waals surface area contributed by atoms with Crippen LogP contribution >= 0.6 is 0 Å². The van der Waals surface area contributed by atoms with Crippen LogP contribution in [0.1, 0.15) is 6.92 Å². The highest BCUT2D eigenvalue weighted by Crippen LogP contribution is 2.19. The van der Waals surface area contributed by atoms with Crippen molar-refractivity contribution in [2.24, 2.45) is 0 Å². The number of hydrogen-bond donors (Lipinski definition) is 1. The molecule has 5 nitrogen and oxygen atoms in total. The lowest BCUT2D eigenvalue weighted by molar-refractivity contribution is -0.120. The largest absolute Gasteiger partial charge is 0.313 e. The van der Waals surface area contributed by atoms with Crippen LogP contribution in [0.25, 0.3) is 0 Å². The molecule has 1 fully saturated rings. The predicted octanol–water partition coefficient (Wildman–Crippen LogP) is 0.0383. The first-order valence-corrected chi connectivity index (χ1v) is 7.17. The van der Waals surface area contributed by atoms with Gasteiger partial charge >= 0.3 is 0 Å². The molecule has 1 radical (unpaired) electrons. The van der Waals surface area contributed by atoms with Crippen LogP contribution in [0.4, 0.5) is 0 Å². The summed E-state index contributed by atoms with van der Waals surface area (Å²) in [4.78, 5) is 11.6. The van der Waals surface area contributed by atoms with E-state index in [4.69, 9.17) is 0 Å². The summed E-state index contributed by atoms with van der Waals surface area (Å²) >= 11 is 0. The van der Waals surface area contributed by atoms with Crippen LogP contribution in [0.2, 0.25) is 0 Å². The third-order valence-corrected chi connectivity index (χ3v) is 4.79. The van der Waals surface area contributed by atoms with E-state index in [1.807, 2.05) is 0 Å². The summed E-state index contributed by atoms with van der Waals surface area (Å²) in [5.41, 5.74) is 0. The molecule has 1 saturated heterocycles. The Balaban J connectivity index is 2.36. The Hall–Kier alpha value is -1.24. The van der Waals surface area contributed by atoms with Crippen LogP contribution in [0.15, 0.2) is 29.2 Å². The fourth-order valence-corrected chi connectivity index (χ4v) is 3.59. The monoisotopic (exact) mass is 267 g/mol. The van der Waals surface area contributed by atoms with Gasteiger partial charge in [-0.1, -0.05) is 18.2 Å². The minimum atomic E-state index is -3.64. The SMILES string of the molecule is CC(=O)C1CNCCN1S(=O)(=O)c1[c]cccc1. The number of Topliss-reactive ketones (excluding diaryl/α,β-unsaturated/α-hetero) is 1. The van der Waals surface area contributed by atoms with Crippen molar-refractivity contribution in [3.63, 3.8) is 0 Å². The number of carbonyl (C=O) groups is 1. The van der Waals surface area contributed by atoms with Crippen molar-refractivity contribution < 1.29 is 13.2 Å². The predicted molar refractivity (Wildman–Crippen MR) is 66.5 cm³/mol. The maximum absolute atomic E-state index is 12.4. The highest BCUT2D eigenvalue weighted by atomic mass is 32.2. The van der Waals surface area contributed by atoms with E-state index in [0.717, 1.165) is 0 Å². The van der Waals surface area contributed by atoms with Crippen LogP contribution in [-0.2, 0) is 14.8 Å². The number of rotatable bonds is 3. The van der Waals surface area contributed by atoms with E-state index >= 15 is 0 Å². The topological polar surface area (TPSA) is 66.5 Å². The minimum Gasteiger partial charge on any atom is -0.313 e. The van der Waals surface area contributed by atoms with Gasteiger partial charge in [0.2, 0.25) is 10.0 Å². The second kappa shape index (κ2) is 5.17. The van der Waals surface area contributed by atoms with Gasteiger partial charge < -0.3 is 5.32 Å². The van der Waals surface area contributed by atoms with Crippen molar-refractivity contribution in [2.45, 2.75) is 17.9 Å². The summed E-state index contributed by atoms with van der Waals surface area (Å²) < 4.78 is 26.1. The van der Waals surface area contributed by atoms with Crippen LogP contribution < -0.4 is 5.32 Å². The van der Waals surface area contributed by atoms with E-state index in [0.29, 0.717) is 19.6 Å². The molecular formula is C12H15N2O3S. The molecule has 2 rings (SSSR count). The van der Waals surface area contributed by atoms with Crippen molar-refractivity contribution in [1.82, 2.24) is 9.62 Å². The Morgan fingerprint density at radius 1 is 1.50 bits per heavy atom. The zero-order valence-electron chi connectivity index (χ0n) is 10.1. The molecule has 1 aromatic carbocycles. The van der Waals surface area contributed by atoms with Crippen molar-refractivity contribution in [1.29, 1.82) is 0 Å². The molecule has 1 aliphatic heterocycles. The number of ketones is 1. The Bertz CT molecular complexity index is 528. The number of hydrogen-bond acceptors (Lipinski definition) is 4. The Kier molecular flexibility index (Phi) is 3.79. The number of benzene rings is 1. The molecule has 0 saturated carbocycles. The van der Waals surface area contributed by atoms with Gasteiger partial charge in [-0.3, -0.25) is 4.79 Å². The number of carbonyl (C=O) groups excluding carboxylic acids is 1. The molecule has 0 aromatic heterocycles. The maximum atomic E-state index is 12.4. The molecule has 1 N–H and O–H groups in total. The molecule has 1 heterocycles. The quantitative estimate of drug-likeness (QED) is 0.839. The Morgan fingerprint density at radius 2 is 2.28 bits per heavy atom. The van der Waals surface area contributed by atoms with Gasteiger partial charge in [0.05, 0.1) is 10.9 Å². The van der Waals surface area contributed by atoms with Gasteiger partial charge in [0.25, 0.3) is 0 Å². The first kappa shape index (κ1) is 13.2. The van der Waals surface area contributed by atoms with Crippen LogP contribution in [-0.4, -0.2) is 44.2 Å². The van der Waals surface area contributed by atoms with Gasteiger partial charge in [-0.2, -0.15) is 4.31 Å². The molecule has 1 aromatic rings. The molecule has 97 valence electrons. The zero-order chi connectivity index (χ0) is 13.2. The Labute approximate surface area is 107 Å². The van der Waals surface area contributed by atoms with Gasteiger partial charge in [0.1, 0.15) is 5.78 Å². The average molecular weight is 267 g/mol. The van der Waals surface area contributed by atoms with Gasteiger partial charge in [-0.15, -0.1) is 0 Å². The number of nitrogens with one attached hydrogen (secondary N) is 1. The van der Waals surface area contributed by atoms with Gasteiger partial charge in [-0.25, -0.2) is 8.42 Å². The van der Waals surface area contributed by atoms with Gasteiger partial charge in [0.15, 0.2) is 0 Å². The average Bonchev–Trinajstić information content (AvgIpc) is 2.39. The molecule has 18 heavy (non-hydrogen) atoms. The van der Waals surface area contributed by atoms with E-state index in [9.17, 15) is 13.2 Å². The molecule has 0 amide bonds. The normalized spacial score (nSPS) is 21.7. The molecule has 1 atom stereocenters. The van der Waals surface area contributed by atoms with E-state index in [1.165, 1.54) is 17.3 Å². The summed E-state index contributed by atoms with van der Waals surface area (Å²) in [6.45, 7) is 2.63. The molecule has 0 bridgehead atoms. The van der Waals surface area contributed by atoms with E-state index < -0.39 is 16.1 Å². The lowest BCUT2D eigenvalue weighted by atomic mass is 10.2. The number of piperazine rings is 1. The third kappa shape index (κ3) is 2.45.